The molecule has 0 atom stereocenters. The maximum Gasteiger partial charge on any atom is 0.137 e. The van der Waals surface area contributed by atoms with E-state index in [1.807, 2.05) is 12.1 Å². The molecule has 0 amide bonds. The quantitative estimate of drug-likeness (QED) is 0.560. The summed E-state index contributed by atoms with van der Waals surface area (Å²) in [4.78, 5) is 6.84. The molecule has 0 aliphatic carbocycles. The zero-order valence-electron chi connectivity index (χ0n) is 5.76. The molecule has 0 unspecified atom stereocenters. The van der Waals surface area contributed by atoms with Crippen molar-refractivity contribution < 1.29 is 1.37 Å². The van der Waals surface area contributed by atoms with Crippen LogP contribution in [0.2, 0.25) is 0 Å². The second kappa shape index (κ2) is 1.58. The van der Waals surface area contributed by atoms with Crippen LogP contribution in [0.1, 0.15) is 1.37 Å². The Balaban J connectivity index is 2.88. The molecule has 0 saturated heterocycles. The Bertz CT molecular complexity index is 320. The highest BCUT2D eigenvalue weighted by Gasteiger charge is 1.88. The zero-order chi connectivity index (χ0) is 6.97. The molecule has 0 bridgehead atoms. The lowest BCUT2D eigenvalue weighted by atomic mass is 10.3. The van der Waals surface area contributed by atoms with Gasteiger partial charge in [-0.2, -0.15) is 0 Å². The van der Waals surface area contributed by atoms with Gasteiger partial charge in [0.2, 0.25) is 0 Å². The van der Waals surface area contributed by atoms with Crippen LogP contribution in [0.15, 0.2) is 30.6 Å². The molecule has 2 aromatic rings. The monoisotopic (exact) mass is 119 g/mol. The Morgan fingerprint density at radius 3 is 3.44 bits per heavy atom. The van der Waals surface area contributed by atoms with Crippen molar-refractivity contribution in [3.63, 3.8) is 0 Å². The number of aromatic nitrogens is 2. The van der Waals surface area contributed by atoms with Crippen LogP contribution < -0.4 is 0 Å². The maximum absolute atomic E-state index is 7.23. The summed E-state index contributed by atoms with van der Waals surface area (Å²) < 4.78 is 7.23. The molecule has 0 radical (unpaired) electrons. The van der Waals surface area contributed by atoms with Gasteiger partial charge in [-0.15, -0.1) is 0 Å². The van der Waals surface area contributed by atoms with E-state index in [9.17, 15) is 0 Å². The standard InChI is InChI=1S/C7H6N2/c1-2-6-3-5-9-7(6)8-4-1/h1-5H,(H,8,9)/i5D. The Morgan fingerprint density at radius 1 is 1.56 bits per heavy atom. The lowest BCUT2D eigenvalue weighted by molar-refractivity contribution is 1.33. The summed E-state index contributed by atoms with van der Waals surface area (Å²) in [5.74, 6) is 0. The van der Waals surface area contributed by atoms with E-state index >= 15 is 0 Å². The smallest absolute Gasteiger partial charge is 0.137 e. The van der Waals surface area contributed by atoms with Crippen molar-refractivity contribution in [2.24, 2.45) is 0 Å². The van der Waals surface area contributed by atoms with Crippen molar-refractivity contribution in [2.75, 3.05) is 0 Å². The normalized spacial score (nSPS) is 11.8. The summed E-state index contributed by atoms with van der Waals surface area (Å²) in [7, 11) is 0. The van der Waals surface area contributed by atoms with E-state index in [0.717, 1.165) is 11.0 Å². The Kier molecular flexibility index (Phi) is 0.646. The van der Waals surface area contributed by atoms with Crippen LogP contribution in [0.5, 0.6) is 0 Å². The highest BCUT2D eigenvalue weighted by Crippen LogP contribution is 2.05. The number of hydrogen-bond acceptors (Lipinski definition) is 1. The number of hydrogen-bond donors (Lipinski definition) is 1. The molecule has 0 fully saturated rings. The van der Waals surface area contributed by atoms with Crippen molar-refractivity contribution in [3.05, 3.63) is 30.6 Å². The fourth-order valence-electron chi connectivity index (χ4n) is 0.821. The van der Waals surface area contributed by atoms with Crippen LogP contribution in [0.3, 0.4) is 0 Å². The molecule has 0 aliphatic heterocycles. The molecule has 2 aromatic heterocycles. The molecule has 0 spiro atoms. The van der Waals surface area contributed by atoms with Crippen molar-refractivity contribution in [1.29, 1.82) is 0 Å². The molecule has 0 aliphatic rings. The number of nitrogens with zero attached hydrogens (tertiary/aromatic N) is 1. The van der Waals surface area contributed by atoms with Crippen LogP contribution >= 0.6 is 0 Å². The molecule has 44 valence electrons. The summed E-state index contributed by atoms with van der Waals surface area (Å²) in [5.41, 5.74) is 0.785. The number of pyridine rings is 1. The molecule has 2 heterocycles. The van der Waals surface area contributed by atoms with Crippen molar-refractivity contribution >= 4 is 11.0 Å². The molecular formula is C7H6N2. The van der Waals surface area contributed by atoms with E-state index in [0.29, 0.717) is 6.17 Å². The Morgan fingerprint density at radius 2 is 2.56 bits per heavy atom. The highest BCUT2D eigenvalue weighted by atomic mass is 14.8. The number of H-pyrrole nitrogens is 1. The largest absolute Gasteiger partial charge is 0.346 e. The third-order valence-electron chi connectivity index (χ3n) is 1.26. The number of nitrogens with one attached hydrogen (secondary N) is 1. The van der Waals surface area contributed by atoms with Gasteiger partial charge in [0.05, 0.1) is 1.37 Å². The first-order valence-corrected chi connectivity index (χ1v) is 2.76. The molecule has 1 N–H and O–H groups in total. The summed E-state index contributed by atoms with van der Waals surface area (Å²) >= 11 is 0. The van der Waals surface area contributed by atoms with Gasteiger partial charge in [-0.25, -0.2) is 4.98 Å². The minimum atomic E-state index is 0.411. The molecule has 2 rings (SSSR count). The summed E-state index contributed by atoms with van der Waals surface area (Å²) in [6.45, 7) is 0. The minimum Gasteiger partial charge on any atom is -0.346 e. The fourth-order valence-corrected chi connectivity index (χ4v) is 0.821. The summed E-state index contributed by atoms with van der Waals surface area (Å²) in [5, 5.41) is 0.993. The van der Waals surface area contributed by atoms with Crippen LogP contribution in [0, 0.1) is 0 Å². The predicted octanol–water partition coefficient (Wildman–Crippen LogP) is 1.56. The van der Waals surface area contributed by atoms with Crippen molar-refractivity contribution in [2.45, 2.75) is 0 Å². The van der Waals surface area contributed by atoms with Gasteiger partial charge >= 0.3 is 0 Å². The van der Waals surface area contributed by atoms with Gasteiger partial charge in [-0.05, 0) is 18.2 Å². The third kappa shape index (κ3) is 0.598. The van der Waals surface area contributed by atoms with Gasteiger partial charge in [0.25, 0.3) is 0 Å². The number of rotatable bonds is 0. The van der Waals surface area contributed by atoms with Crippen molar-refractivity contribution in [3.8, 4) is 0 Å². The molecule has 9 heavy (non-hydrogen) atoms. The van der Waals surface area contributed by atoms with Crippen molar-refractivity contribution in [1.82, 2.24) is 9.97 Å². The first-order valence-electron chi connectivity index (χ1n) is 3.26. The summed E-state index contributed by atoms with van der Waals surface area (Å²) in [6, 6.07) is 5.54. The van der Waals surface area contributed by atoms with E-state index < -0.39 is 0 Å². The van der Waals surface area contributed by atoms with E-state index in [2.05, 4.69) is 9.97 Å². The molecular weight excluding hydrogens is 112 g/mol. The van der Waals surface area contributed by atoms with E-state index in [4.69, 9.17) is 1.37 Å². The number of fused-ring (bicyclic) bond motifs is 1. The predicted molar refractivity (Wildman–Crippen MR) is 36.1 cm³/mol. The van der Waals surface area contributed by atoms with Crippen LogP contribution in [0.25, 0.3) is 11.0 Å². The average molecular weight is 119 g/mol. The van der Waals surface area contributed by atoms with Crippen LogP contribution in [-0.4, -0.2) is 9.97 Å². The van der Waals surface area contributed by atoms with Gasteiger partial charge < -0.3 is 4.98 Å². The van der Waals surface area contributed by atoms with E-state index in [1.165, 1.54) is 0 Å². The van der Waals surface area contributed by atoms with Gasteiger partial charge in [0, 0.05) is 17.8 Å². The number of aromatic amines is 1. The first kappa shape index (κ1) is 3.67. The highest BCUT2D eigenvalue weighted by molar-refractivity contribution is 5.74. The lowest BCUT2D eigenvalue weighted by Crippen LogP contribution is -1.70. The fraction of sp³-hybridized carbons (Fsp3) is 0. The molecule has 2 nitrogen and oxygen atoms in total. The SMILES string of the molecule is [2H]c1cc2cccnc2[nH]1. The summed E-state index contributed by atoms with van der Waals surface area (Å²) in [6.07, 6.45) is 2.12. The Labute approximate surface area is 53.9 Å². The van der Waals surface area contributed by atoms with Gasteiger partial charge in [-0.3, -0.25) is 0 Å². The van der Waals surface area contributed by atoms with Gasteiger partial charge in [0.1, 0.15) is 5.65 Å². The Hall–Kier alpha value is -1.31. The third-order valence-corrected chi connectivity index (χ3v) is 1.26. The first-order chi connectivity index (χ1) is 4.86. The van der Waals surface area contributed by atoms with E-state index in [-0.39, 0.29) is 0 Å². The molecule has 0 saturated carbocycles. The maximum atomic E-state index is 7.23. The molecule has 2 heteroatoms. The second-order valence-corrected chi connectivity index (χ2v) is 1.85. The lowest BCUT2D eigenvalue weighted by Gasteiger charge is -1.82. The minimum absolute atomic E-state index is 0.411. The van der Waals surface area contributed by atoms with Gasteiger partial charge in [0.15, 0.2) is 0 Å². The second-order valence-electron chi connectivity index (χ2n) is 1.85. The topological polar surface area (TPSA) is 28.7 Å². The molecule has 0 aromatic carbocycles. The van der Waals surface area contributed by atoms with Crippen LogP contribution in [-0.2, 0) is 0 Å². The zero-order valence-corrected chi connectivity index (χ0v) is 4.76. The van der Waals surface area contributed by atoms with E-state index in [1.54, 1.807) is 12.3 Å². The van der Waals surface area contributed by atoms with Gasteiger partial charge in [-0.1, -0.05) is 0 Å². The van der Waals surface area contributed by atoms with Crippen LogP contribution in [0.4, 0.5) is 0 Å². The average Bonchev–Trinajstić information content (AvgIpc) is 2.27.